The number of carbonyl (C=O) groups is 1. The molecule has 0 aliphatic heterocycles. The molecule has 0 aromatic carbocycles. The van der Waals surface area contributed by atoms with Crippen molar-refractivity contribution in [1.82, 2.24) is 10.2 Å². The van der Waals surface area contributed by atoms with Gasteiger partial charge in [0.1, 0.15) is 6.04 Å². The number of nitrogens with zero attached hydrogens (tertiary/aromatic N) is 1. The number of rotatable bonds is 8. The van der Waals surface area contributed by atoms with E-state index in [1.165, 1.54) is 20.0 Å². The summed E-state index contributed by atoms with van der Waals surface area (Å²) in [5.41, 5.74) is 0. The van der Waals surface area contributed by atoms with E-state index in [1.807, 2.05) is 0 Å². The average Bonchev–Trinajstić information content (AvgIpc) is 3.09. The molecule has 4 nitrogen and oxygen atoms in total. The Hall–Kier alpha value is -0.610. The van der Waals surface area contributed by atoms with Gasteiger partial charge in [-0.25, -0.2) is 0 Å². The number of methoxy groups -OCH3 is 1. The summed E-state index contributed by atoms with van der Waals surface area (Å²) >= 11 is 0. The molecule has 1 fully saturated rings. The molecule has 1 unspecified atom stereocenters. The lowest BCUT2D eigenvalue weighted by atomic mass is 10.2. The second kappa shape index (κ2) is 6.97. The third kappa shape index (κ3) is 5.04. The Morgan fingerprint density at radius 2 is 2.12 bits per heavy atom. The SMILES string of the molecule is CCCN(CC(NC(C)C)C(=O)OC)C1CC1. The molecule has 0 saturated heterocycles. The van der Waals surface area contributed by atoms with Gasteiger partial charge in [-0.15, -0.1) is 0 Å². The number of carbonyl (C=O) groups excluding carboxylic acids is 1. The van der Waals surface area contributed by atoms with Crippen molar-refractivity contribution in [2.75, 3.05) is 20.2 Å². The Kier molecular flexibility index (Phi) is 5.92. The smallest absolute Gasteiger partial charge is 0.324 e. The monoisotopic (exact) mass is 242 g/mol. The van der Waals surface area contributed by atoms with Crippen LogP contribution in [0.2, 0.25) is 0 Å². The van der Waals surface area contributed by atoms with Gasteiger partial charge in [-0.2, -0.15) is 0 Å². The Bertz CT molecular complexity index is 240. The van der Waals surface area contributed by atoms with E-state index in [0.717, 1.165) is 19.5 Å². The number of esters is 1. The second-order valence-corrected chi connectivity index (χ2v) is 5.12. The Morgan fingerprint density at radius 1 is 1.47 bits per heavy atom. The second-order valence-electron chi connectivity index (χ2n) is 5.12. The molecule has 1 rings (SSSR count). The van der Waals surface area contributed by atoms with E-state index in [9.17, 15) is 4.79 Å². The molecular weight excluding hydrogens is 216 g/mol. The van der Waals surface area contributed by atoms with E-state index in [4.69, 9.17) is 4.74 Å². The molecular formula is C13H26N2O2. The van der Waals surface area contributed by atoms with Crippen LogP contribution in [0.5, 0.6) is 0 Å². The topological polar surface area (TPSA) is 41.6 Å². The summed E-state index contributed by atoms with van der Waals surface area (Å²) in [4.78, 5) is 14.1. The van der Waals surface area contributed by atoms with Crippen LogP contribution in [-0.4, -0.2) is 49.2 Å². The molecule has 0 spiro atoms. The summed E-state index contributed by atoms with van der Waals surface area (Å²) in [5.74, 6) is -0.152. The normalized spacial score (nSPS) is 17.5. The van der Waals surface area contributed by atoms with E-state index in [2.05, 4.69) is 31.0 Å². The number of hydrogen-bond acceptors (Lipinski definition) is 4. The van der Waals surface area contributed by atoms with Crippen molar-refractivity contribution in [3.05, 3.63) is 0 Å². The maximum atomic E-state index is 11.7. The van der Waals surface area contributed by atoms with Crippen molar-refractivity contribution < 1.29 is 9.53 Å². The maximum absolute atomic E-state index is 11.7. The predicted molar refractivity (Wildman–Crippen MR) is 69.0 cm³/mol. The number of ether oxygens (including phenoxy) is 1. The van der Waals surface area contributed by atoms with Crippen molar-refractivity contribution in [1.29, 1.82) is 0 Å². The molecule has 0 aromatic rings. The predicted octanol–water partition coefficient (Wildman–Crippen LogP) is 1.40. The zero-order valence-electron chi connectivity index (χ0n) is 11.5. The summed E-state index contributed by atoms with van der Waals surface area (Å²) in [7, 11) is 1.46. The summed E-state index contributed by atoms with van der Waals surface area (Å²) in [6.45, 7) is 8.12. The molecule has 0 amide bonds. The minimum atomic E-state index is -0.202. The first-order valence-electron chi connectivity index (χ1n) is 6.66. The quantitative estimate of drug-likeness (QED) is 0.653. The van der Waals surface area contributed by atoms with Crippen LogP contribution in [0.3, 0.4) is 0 Å². The van der Waals surface area contributed by atoms with Crippen molar-refractivity contribution in [3.8, 4) is 0 Å². The first-order chi connectivity index (χ1) is 8.08. The fraction of sp³-hybridized carbons (Fsp3) is 0.923. The summed E-state index contributed by atoms with van der Waals surface area (Å²) < 4.78 is 4.86. The minimum Gasteiger partial charge on any atom is -0.468 e. The van der Waals surface area contributed by atoms with Crippen LogP contribution >= 0.6 is 0 Å². The van der Waals surface area contributed by atoms with E-state index in [-0.39, 0.29) is 12.0 Å². The molecule has 4 heteroatoms. The van der Waals surface area contributed by atoms with E-state index in [1.54, 1.807) is 0 Å². The molecule has 1 aliphatic rings. The van der Waals surface area contributed by atoms with Gasteiger partial charge in [0, 0.05) is 18.6 Å². The molecule has 17 heavy (non-hydrogen) atoms. The zero-order valence-corrected chi connectivity index (χ0v) is 11.5. The van der Waals surface area contributed by atoms with Gasteiger partial charge in [0.2, 0.25) is 0 Å². The number of hydrogen-bond donors (Lipinski definition) is 1. The van der Waals surface area contributed by atoms with Crippen LogP contribution in [0, 0.1) is 0 Å². The van der Waals surface area contributed by atoms with Crippen LogP contribution in [-0.2, 0) is 9.53 Å². The van der Waals surface area contributed by atoms with Gasteiger partial charge in [0.15, 0.2) is 0 Å². The lowest BCUT2D eigenvalue weighted by Crippen LogP contribution is -2.49. The minimum absolute atomic E-state index is 0.152. The first-order valence-corrected chi connectivity index (χ1v) is 6.66. The average molecular weight is 242 g/mol. The van der Waals surface area contributed by atoms with Crippen molar-refractivity contribution in [3.63, 3.8) is 0 Å². The molecule has 1 atom stereocenters. The van der Waals surface area contributed by atoms with Gasteiger partial charge < -0.3 is 10.1 Å². The van der Waals surface area contributed by atoms with E-state index >= 15 is 0 Å². The third-order valence-electron chi connectivity index (χ3n) is 3.01. The molecule has 0 radical (unpaired) electrons. The Morgan fingerprint density at radius 3 is 2.53 bits per heavy atom. The fourth-order valence-electron chi connectivity index (χ4n) is 2.12. The molecule has 0 bridgehead atoms. The molecule has 0 heterocycles. The Labute approximate surface area is 105 Å². The van der Waals surface area contributed by atoms with E-state index in [0.29, 0.717) is 12.1 Å². The lowest BCUT2D eigenvalue weighted by molar-refractivity contribution is -0.143. The summed E-state index contributed by atoms with van der Waals surface area (Å²) in [6, 6.07) is 0.782. The summed E-state index contributed by atoms with van der Waals surface area (Å²) in [6.07, 6.45) is 3.68. The number of nitrogens with one attached hydrogen (secondary N) is 1. The standard InChI is InChI=1S/C13H26N2O2/c1-5-8-15(11-6-7-11)9-12(13(16)17-4)14-10(2)3/h10-12,14H,5-9H2,1-4H3. The summed E-state index contributed by atoms with van der Waals surface area (Å²) in [5, 5.41) is 3.29. The highest BCUT2D eigenvalue weighted by Crippen LogP contribution is 2.27. The van der Waals surface area contributed by atoms with Gasteiger partial charge in [-0.3, -0.25) is 9.69 Å². The van der Waals surface area contributed by atoms with Crippen molar-refractivity contribution in [2.24, 2.45) is 0 Å². The highest BCUT2D eigenvalue weighted by Gasteiger charge is 2.32. The van der Waals surface area contributed by atoms with Gasteiger partial charge in [-0.05, 0) is 25.8 Å². The van der Waals surface area contributed by atoms with Gasteiger partial charge in [-0.1, -0.05) is 20.8 Å². The van der Waals surface area contributed by atoms with Gasteiger partial charge in [0.05, 0.1) is 7.11 Å². The molecule has 0 aromatic heterocycles. The highest BCUT2D eigenvalue weighted by atomic mass is 16.5. The van der Waals surface area contributed by atoms with Crippen LogP contribution in [0.25, 0.3) is 0 Å². The highest BCUT2D eigenvalue weighted by molar-refractivity contribution is 5.76. The molecule has 1 N–H and O–H groups in total. The lowest BCUT2D eigenvalue weighted by Gasteiger charge is -2.27. The van der Waals surface area contributed by atoms with Gasteiger partial charge >= 0.3 is 5.97 Å². The largest absolute Gasteiger partial charge is 0.468 e. The van der Waals surface area contributed by atoms with Crippen LogP contribution in [0.15, 0.2) is 0 Å². The molecule has 1 aliphatic carbocycles. The maximum Gasteiger partial charge on any atom is 0.324 e. The fourth-order valence-corrected chi connectivity index (χ4v) is 2.12. The van der Waals surface area contributed by atoms with Gasteiger partial charge in [0.25, 0.3) is 0 Å². The zero-order chi connectivity index (χ0) is 12.8. The van der Waals surface area contributed by atoms with Crippen molar-refractivity contribution >= 4 is 5.97 Å². The van der Waals surface area contributed by atoms with Crippen molar-refractivity contribution in [2.45, 2.75) is 58.2 Å². The van der Waals surface area contributed by atoms with Crippen LogP contribution in [0.1, 0.15) is 40.0 Å². The van der Waals surface area contributed by atoms with E-state index < -0.39 is 0 Å². The molecule has 1 saturated carbocycles. The Balaban J connectivity index is 2.52. The molecule has 100 valence electrons. The van der Waals surface area contributed by atoms with Crippen LogP contribution < -0.4 is 5.32 Å². The first kappa shape index (κ1) is 14.5. The van der Waals surface area contributed by atoms with Crippen LogP contribution in [0.4, 0.5) is 0 Å². The third-order valence-corrected chi connectivity index (χ3v) is 3.01.